The van der Waals surface area contributed by atoms with Gasteiger partial charge in [0, 0.05) is 16.8 Å². The van der Waals surface area contributed by atoms with Crippen LogP contribution in [0, 0.1) is 11.3 Å². The Hall–Kier alpha value is -5.09. The van der Waals surface area contributed by atoms with E-state index in [0.29, 0.717) is 33.9 Å². The molecule has 0 radical (unpaired) electrons. The summed E-state index contributed by atoms with van der Waals surface area (Å²) < 4.78 is 11.1. The first-order valence-electron chi connectivity index (χ1n) is 11.5. The quantitative estimate of drug-likeness (QED) is 0.230. The summed E-state index contributed by atoms with van der Waals surface area (Å²) in [6, 6.07) is 25.4. The number of nitriles is 1. The Balaban J connectivity index is 1.82. The third-order valence-electron chi connectivity index (χ3n) is 6.49. The van der Waals surface area contributed by atoms with Gasteiger partial charge in [-0.15, -0.1) is 0 Å². The Morgan fingerprint density at radius 2 is 1.59 bits per heavy atom. The molecule has 1 aliphatic heterocycles. The van der Waals surface area contributed by atoms with Crippen LogP contribution in [0.3, 0.4) is 0 Å². The lowest BCUT2D eigenvalue weighted by atomic mass is 9.92. The zero-order chi connectivity index (χ0) is 26.1. The number of hydrogen-bond donors (Lipinski definition) is 1. The molecule has 0 aliphatic carbocycles. The van der Waals surface area contributed by atoms with Gasteiger partial charge in [-0.3, -0.25) is 14.5 Å². The van der Waals surface area contributed by atoms with Gasteiger partial charge in [0.05, 0.1) is 37.5 Å². The number of aliphatic hydroxyl groups excluding tert-OH is 1. The maximum absolute atomic E-state index is 13.6. The van der Waals surface area contributed by atoms with Crippen molar-refractivity contribution in [1.29, 1.82) is 5.26 Å². The molecule has 1 aliphatic rings. The number of aliphatic hydroxyl groups is 1. The molecular formula is C30H22N2O5. The summed E-state index contributed by atoms with van der Waals surface area (Å²) in [5.74, 6) is -1.18. The van der Waals surface area contributed by atoms with E-state index in [9.17, 15) is 20.0 Å². The second-order valence-corrected chi connectivity index (χ2v) is 8.44. The number of Topliss-reactive ketones (excluding diaryl/α,β-unsaturated/α-hetero) is 1. The van der Waals surface area contributed by atoms with E-state index < -0.39 is 17.7 Å². The van der Waals surface area contributed by atoms with Crippen LogP contribution in [0.1, 0.15) is 22.7 Å². The van der Waals surface area contributed by atoms with Crippen LogP contribution in [0.5, 0.6) is 11.5 Å². The zero-order valence-electron chi connectivity index (χ0n) is 20.1. The van der Waals surface area contributed by atoms with Gasteiger partial charge in [-0.2, -0.15) is 5.26 Å². The molecular weight excluding hydrogens is 468 g/mol. The Kier molecular flexibility index (Phi) is 6.08. The highest BCUT2D eigenvalue weighted by molar-refractivity contribution is 6.52. The number of rotatable bonds is 5. The van der Waals surface area contributed by atoms with Crippen LogP contribution < -0.4 is 14.4 Å². The predicted octanol–water partition coefficient (Wildman–Crippen LogP) is 5.35. The van der Waals surface area contributed by atoms with Gasteiger partial charge in [-0.1, -0.05) is 54.6 Å². The minimum Gasteiger partial charge on any atom is -0.507 e. The van der Waals surface area contributed by atoms with Crippen LogP contribution in [0.25, 0.3) is 16.5 Å². The lowest BCUT2D eigenvalue weighted by Crippen LogP contribution is -2.29. The normalized spacial score (nSPS) is 16.6. The molecule has 0 bridgehead atoms. The molecule has 1 heterocycles. The number of methoxy groups -OCH3 is 2. The van der Waals surface area contributed by atoms with Gasteiger partial charge < -0.3 is 14.6 Å². The lowest BCUT2D eigenvalue weighted by molar-refractivity contribution is -0.132. The molecule has 7 heteroatoms. The van der Waals surface area contributed by atoms with Crippen molar-refractivity contribution in [2.24, 2.45) is 0 Å². The molecule has 1 amide bonds. The van der Waals surface area contributed by atoms with E-state index in [1.165, 1.54) is 19.1 Å². The van der Waals surface area contributed by atoms with Crippen LogP contribution in [0.2, 0.25) is 0 Å². The molecule has 7 nitrogen and oxygen atoms in total. The number of para-hydroxylation sites is 1. The highest BCUT2D eigenvalue weighted by Gasteiger charge is 2.48. The van der Waals surface area contributed by atoms with Gasteiger partial charge in [0.2, 0.25) is 0 Å². The Bertz CT molecular complexity index is 1610. The molecule has 1 unspecified atom stereocenters. The van der Waals surface area contributed by atoms with Crippen molar-refractivity contribution in [1.82, 2.24) is 0 Å². The topological polar surface area (TPSA) is 99.9 Å². The molecule has 5 rings (SSSR count). The van der Waals surface area contributed by atoms with Crippen molar-refractivity contribution in [3.63, 3.8) is 0 Å². The molecule has 0 saturated carbocycles. The highest BCUT2D eigenvalue weighted by Crippen LogP contribution is 2.47. The molecule has 0 aromatic heterocycles. The van der Waals surface area contributed by atoms with Crippen molar-refractivity contribution in [3.8, 4) is 17.6 Å². The smallest absolute Gasteiger partial charge is 0.300 e. The number of hydrogen-bond acceptors (Lipinski definition) is 6. The summed E-state index contributed by atoms with van der Waals surface area (Å²) in [6.07, 6.45) is 0. The van der Waals surface area contributed by atoms with E-state index in [-0.39, 0.29) is 11.3 Å². The Morgan fingerprint density at radius 3 is 2.30 bits per heavy atom. The second kappa shape index (κ2) is 9.51. The van der Waals surface area contributed by atoms with Gasteiger partial charge in [-0.25, -0.2) is 0 Å². The number of fused-ring (bicyclic) bond motifs is 1. The first-order chi connectivity index (χ1) is 18.0. The fraction of sp³-hybridized carbons (Fsp3) is 0.100. The molecule has 0 spiro atoms. The van der Waals surface area contributed by atoms with Crippen molar-refractivity contribution < 1.29 is 24.2 Å². The second-order valence-electron chi connectivity index (χ2n) is 8.44. The molecule has 1 N–H and O–H groups in total. The van der Waals surface area contributed by atoms with Crippen LogP contribution in [-0.4, -0.2) is 31.0 Å². The van der Waals surface area contributed by atoms with Crippen LogP contribution in [-0.2, 0) is 9.59 Å². The van der Waals surface area contributed by atoms with Gasteiger partial charge in [-0.05, 0) is 41.1 Å². The predicted molar refractivity (Wildman–Crippen MR) is 139 cm³/mol. The van der Waals surface area contributed by atoms with Crippen molar-refractivity contribution in [2.45, 2.75) is 6.04 Å². The summed E-state index contributed by atoms with van der Waals surface area (Å²) >= 11 is 0. The number of nitrogens with zero attached hydrogens (tertiary/aromatic N) is 2. The van der Waals surface area contributed by atoms with E-state index in [0.717, 1.165) is 10.8 Å². The number of amides is 1. The average Bonchev–Trinajstić information content (AvgIpc) is 3.21. The maximum Gasteiger partial charge on any atom is 0.300 e. The lowest BCUT2D eigenvalue weighted by Gasteiger charge is -2.27. The van der Waals surface area contributed by atoms with E-state index >= 15 is 0 Å². The fourth-order valence-corrected chi connectivity index (χ4v) is 4.79. The van der Waals surface area contributed by atoms with E-state index in [2.05, 4.69) is 6.07 Å². The first-order valence-corrected chi connectivity index (χ1v) is 11.5. The van der Waals surface area contributed by atoms with Gasteiger partial charge >= 0.3 is 0 Å². The molecule has 4 aromatic carbocycles. The van der Waals surface area contributed by atoms with E-state index in [1.807, 2.05) is 30.3 Å². The van der Waals surface area contributed by atoms with Crippen molar-refractivity contribution in [3.05, 3.63) is 107 Å². The van der Waals surface area contributed by atoms with Crippen LogP contribution in [0.15, 0.2) is 90.5 Å². The highest BCUT2D eigenvalue weighted by atomic mass is 16.5. The number of anilines is 1. The number of ether oxygens (including phenoxy) is 2. The standard InChI is InChI=1S/C30H22N2O5/c1-36-24-12-6-11-23(29(24)37-2)26-25(27(33)22-10-5-8-19-7-3-4-9-21(19)22)28(34)30(35)32(26)20-15-13-18(17-31)14-16-20/h3-16,26,33H,1-2H3/b27-25+. The minimum absolute atomic E-state index is 0.0720. The van der Waals surface area contributed by atoms with E-state index in [4.69, 9.17) is 9.47 Å². The summed E-state index contributed by atoms with van der Waals surface area (Å²) in [7, 11) is 2.97. The molecule has 182 valence electrons. The van der Waals surface area contributed by atoms with Gasteiger partial charge in [0.15, 0.2) is 11.5 Å². The van der Waals surface area contributed by atoms with Crippen LogP contribution in [0.4, 0.5) is 5.69 Å². The average molecular weight is 491 g/mol. The molecule has 1 fully saturated rings. The molecule has 1 saturated heterocycles. The zero-order valence-corrected chi connectivity index (χ0v) is 20.1. The fourth-order valence-electron chi connectivity index (χ4n) is 4.79. The first kappa shape index (κ1) is 23.6. The number of ketones is 1. The third kappa shape index (κ3) is 3.85. The maximum atomic E-state index is 13.6. The van der Waals surface area contributed by atoms with Crippen molar-refractivity contribution >= 4 is 33.9 Å². The summed E-state index contributed by atoms with van der Waals surface area (Å²) in [5, 5.41) is 22.5. The summed E-state index contributed by atoms with van der Waals surface area (Å²) in [5.41, 5.74) is 1.63. The minimum atomic E-state index is -1.02. The number of carbonyl (C=O) groups excluding carboxylic acids is 2. The SMILES string of the molecule is COc1cccc(C2/C(=C(\O)c3cccc4ccccc34)C(=O)C(=O)N2c2ccc(C#N)cc2)c1OC. The van der Waals surface area contributed by atoms with E-state index in [1.54, 1.807) is 54.6 Å². The molecule has 4 aromatic rings. The molecule has 1 atom stereocenters. The monoisotopic (exact) mass is 490 g/mol. The largest absolute Gasteiger partial charge is 0.507 e. The van der Waals surface area contributed by atoms with Crippen molar-refractivity contribution in [2.75, 3.05) is 19.1 Å². The Labute approximate surface area is 213 Å². The number of carbonyl (C=O) groups is 2. The summed E-state index contributed by atoms with van der Waals surface area (Å²) in [6.45, 7) is 0. The molecule has 37 heavy (non-hydrogen) atoms. The van der Waals surface area contributed by atoms with Crippen LogP contribution >= 0.6 is 0 Å². The van der Waals surface area contributed by atoms with Gasteiger partial charge in [0.25, 0.3) is 11.7 Å². The number of benzene rings is 4. The Morgan fingerprint density at radius 1 is 0.892 bits per heavy atom. The van der Waals surface area contributed by atoms with Gasteiger partial charge in [0.1, 0.15) is 5.76 Å². The summed E-state index contributed by atoms with van der Waals surface area (Å²) in [4.78, 5) is 28.4. The third-order valence-corrected chi connectivity index (χ3v) is 6.49.